The second-order valence-corrected chi connectivity index (χ2v) is 6.84. The van der Waals surface area contributed by atoms with E-state index < -0.39 is 0 Å². The Bertz CT molecular complexity index is 1090. The smallest absolute Gasteiger partial charge is 0.239 e. The van der Waals surface area contributed by atoms with E-state index in [1.54, 1.807) is 6.07 Å². The van der Waals surface area contributed by atoms with E-state index in [4.69, 9.17) is 16.4 Å². The highest BCUT2D eigenvalue weighted by molar-refractivity contribution is 6.15. The molecule has 0 fully saturated rings. The van der Waals surface area contributed by atoms with Gasteiger partial charge in [-0.05, 0) is 23.3 Å². The van der Waals surface area contributed by atoms with Crippen LogP contribution in [0, 0.1) is 16.7 Å². The van der Waals surface area contributed by atoms with Crippen LogP contribution >= 0.6 is 0 Å². The minimum Gasteiger partial charge on any atom is -0.507 e. The van der Waals surface area contributed by atoms with Crippen LogP contribution in [0.15, 0.2) is 48.8 Å². The number of nitrogens with zero attached hydrogens (tertiary/aromatic N) is 3. The zero-order chi connectivity index (χ0) is 19.7. The molecule has 1 heterocycles. The summed E-state index contributed by atoms with van der Waals surface area (Å²) < 4.78 is 0. The fourth-order valence-electron chi connectivity index (χ4n) is 3.66. The van der Waals surface area contributed by atoms with E-state index >= 15 is 0 Å². The van der Waals surface area contributed by atoms with Gasteiger partial charge in [-0.2, -0.15) is 10.2 Å². The molecule has 1 aliphatic carbocycles. The third kappa shape index (κ3) is 3.17. The first kappa shape index (κ1) is 17.6. The fourth-order valence-corrected chi connectivity index (χ4v) is 3.66. The second kappa shape index (κ2) is 7.10. The summed E-state index contributed by atoms with van der Waals surface area (Å²) in [6, 6.07) is 15.0. The molecule has 6 N–H and O–H groups in total. The summed E-state index contributed by atoms with van der Waals surface area (Å²) in [4.78, 5) is 8.41. The van der Waals surface area contributed by atoms with Crippen molar-refractivity contribution in [3.8, 4) is 11.8 Å². The van der Waals surface area contributed by atoms with E-state index in [1.165, 1.54) is 29.6 Å². The maximum Gasteiger partial charge on any atom is 0.239 e. The molecule has 0 unspecified atom stereocenters. The third-order valence-electron chi connectivity index (χ3n) is 5.04. The summed E-state index contributed by atoms with van der Waals surface area (Å²) in [6.07, 6.45) is 3.24. The molecular formula is C21H19N6O+. The first-order chi connectivity index (χ1) is 13.6. The molecule has 0 saturated heterocycles. The molecule has 1 aromatic heterocycles. The van der Waals surface area contributed by atoms with Gasteiger partial charge in [0.2, 0.25) is 5.82 Å². The number of fused-ring (bicyclic) bond motifs is 1. The van der Waals surface area contributed by atoms with Crippen molar-refractivity contribution in [1.29, 1.82) is 10.7 Å². The number of quaternary nitrogens is 1. The number of aromatic hydroxyl groups is 1. The van der Waals surface area contributed by atoms with Gasteiger partial charge in [-0.25, -0.2) is 4.98 Å². The number of nitriles is 1. The lowest BCUT2D eigenvalue weighted by Gasteiger charge is -2.13. The summed E-state index contributed by atoms with van der Waals surface area (Å²) in [5.74, 6) is 0.654. The molecular weight excluding hydrogens is 352 g/mol. The van der Waals surface area contributed by atoms with Gasteiger partial charge in [0.05, 0.1) is 17.3 Å². The van der Waals surface area contributed by atoms with Gasteiger partial charge in [0.15, 0.2) is 0 Å². The Kier molecular flexibility index (Phi) is 4.47. The van der Waals surface area contributed by atoms with Gasteiger partial charge in [-0.3, -0.25) is 10.7 Å². The molecule has 4 rings (SSSR count). The molecule has 7 nitrogen and oxygen atoms in total. The number of hydrogen-bond donors (Lipinski definition) is 4. The Balaban J connectivity index is 1.64. The molecule has 2 aromatic carbocycles. The lowest BCUT2D eigenvalue weighted by molar-refractivity contribution is -0.612. The Labute approximate surface area is 162 Å². The summed E-state index contributed by atoms with van der Waals surface area (Å²) in [5.41, 5.74) is 9.90. The first-order valence-corrected chi connectivity index (χ1v) is 8.91. The lowest BCUT2D eigenvalue weighted by Crippen LogP contribution is -2.85. The van der Waals surface area contributed by atoms with Crippen molar-refractivity contribution in [2.24, 2.45) is 0 Å². The highest BCUT2D eigenvalue weighted by atomic mass is 16.3. The number of benzene rings is 2. The minimum absolute atomic E-state index is 0.111. The van der Waals surface area contributed by atoms with Crippen LogP contribution in [0.5, 0.6) is 5.75 Å². The first-order valence-electron chi connectivity index (χ1n) is 8.91. The second-order valence-electron chi connectivity index (χ2n) is 6.84. The predicted octanol–water partition coefficient (Wildman–Crippen LogP) is 1.41. The number of nitrogens with one attached hydrogen (secondary N) is 1. The van der Waals surface area contributed by atoms with Crippen LogP contribution in [-0.4, -0.2) is 26.8 Å². The number of aromatic nitrogens is 2. The quantitative estimate of drug-likeness (QED) is 0.514. The molecule has 0 radical (unpaired) electrons. The highest BCUT2D eigenvalue weighted by Gasteiger charge is 2.28. The van der Waals surface area contributed by atoms with Crippen molar-refractivity contribution in [1.82, 2.24) is 9.97 Å². The van der Waals surface area contributed by atoms with E-state index in [0.717, 1.165) is 12.8 Å². The van der Waals surface area contributed by atoms with Crippen molar-refractivity contribution >= 4 is 17.3 Å². The summed E-state index contributed by atoms with van der Waals surface area (Å²) >= 11 is 0. The Hall–Kier alpha value is -3.76. The number of anilines is 1. The zero-order valence-corrected chi connectivity index (χ0v) is 15.1. The van der Waals surface area contributed by atoms with E-state index in [0.29, 0.717) is 16.9 Å². The number of phenolic OH excluding ortho intramolecular Hbond substituents is 1. The molecule has 0 saturated carbocycles. The summed E-state index contributed by atoms with van der Waals surface area (Å²) in [7, 11) is 0. The van der Waals surface area contributed by atoms with Crippen LogP contribution in [0.25, 0.3) is 0 Å². The molecule has 28 heavy (non-hydrogen) atoms. The maximum absolute atomic E-state index is 9.97. The number of phenols is 1. The Morgan fingerprint density at radius 1 is 1.18 bits per heavy atom. The molecule has 0 aliphatic heterocycles. The number of nitrogen functional groups attached to an aromatic ring is 1. The van der Waals surface area contributed by atoms with Gasteiger partial charge in [-0.1, -0.05) is 30.3 Å². The summed E-state index contributed by atoms with van der Waals surface area (Å²) in [5, 5.41) is 29.6. The predicted molar refractivity (Wildman–Crippen MR) is 104 cm³/mol. The van der Waals surface area contributed by atoms with Crippen molar-refractivity contribution in [2.45, 2.75) is 18.9 Å². The fraction of sp³-hybridized carbons (Fsp3) is 0.143. The SMILES string of the molecule is N#Cc1ccc(C(=N)c2c(N)ncnc2[NH2+]C2Cc3ccccc3C2)cc1O. The topological polar surface area (TPSA) is 136 Å². The number of nitrogens with two attached hydrogens (primary N) is 2. The molecule has 7 heteroatoms. The van der Waals surface area contributed by atoms with E-state index in [1.807, 2.05) is 23.5 Å². The maximum atomic E-state index is 9.97. The molecule has 138 valence electrons. The molecule has 0 atom stereocenters. The van der Waals surface area contributed by atoms with Gasteiger partial charge >= 0.3 is 0 Å². The van der Waals surface area contributed by atoms with Gasteiger partial charge in [-0.15, -0.1) is 0 Å². The van der Waals surface area contributed by atoms with Gasteiger partial charge in [0.25, 0.3) is 0 Å². The minimum atomic E-state index is -0.169. The van der Waals surface area contributed by atoms with Crippen molar-refractivity contribution in [2.75, 3.05) is 5.73 Å². The lowest BCUT2D eigenvalue weighted by atomic mass is 10.0. The van der Waals surface area contributed by atoms with Crippen LogP contribution < -0.4 is 11.1 Å². The van der Waals surface area contributed by atoms with E-state index in [-0.39, 0.29) is 28.9 Å². The standard InChI is InChI=1S/C21H18N6O/c22-10-15-6-5-14(9-17(15)28)19(23)18-20(24)25-11-26-21(18)27-16-7-12-3-1-2-4-13(12)8-16/h1-6,9,11,16,23,28H,7-8H2,(H3,24,25,26,27)/p+1. The number of rotatable bonds is 4. The van der Waals surface area contributed by atoms with Crippen LogP contribution in [-0.2, 0) is 12.8 Å². The zero-order valence-electron chi connectivity index (χ0n) is 15.1. The average Bonchev–Trinajstić information content (AvgIpc) is 3.10. The third-order valence-corrected chi connectivity index (χ3v) is 5.04. The molecule has 0 amide bonds. The van der Waals surface area contributed by atoms with Crippen molar-refractivity contribution in [3.63, 3.8) is 0 Å². The normalized spacial score (nSPS) is 13.1. The van der Waals surface area contributed by atoms with Crippen molar-refractivity contribution < 1.29 is 10.4 Å². The van der Waals surface area contributed by atoms with E-state index in [2.05, 4.69) is 22.1 Å². The monoisotopic (exact) mass is 371 g/mol. The van der Waals surface area contributed by atoms with E-state index in [9.17, 15) is 5.11 Å². The Morgan fingerprint density at radius 3 is 2.54 bits per heavy atom. The largest absolute Gasteiger partial charge is 0.507 e. The Morgan fingerprint density at radius 2 is 1.89 bits per heavy atom. The van der Waals surface area contributed by atoms with Crippen LogP contribution in [0.3, 0.4) is 0 Å². The molecule has 1 aliphatic rings. The van der Waals surface area contributed by atoms with Crippen molar-refractivity contribution in [3.05, 3.63) is 76.6 Å². The number of hydrogen-bond acceptors (Lipinski definition) is 6. The van der Waals surface area contributed by atoms with Gasteiger partial charge in [0.1, 0.15) is 29.5 Å². The van der Waals surface area contributed by atoms with Crippen LogP contribution in [0.4, 0.5) is 11.6 Å². The summed E-state index contributed by atoms with van der Waals surface area (Å²) in [6.45, 7) is 0. The average molecular weight is 371 g/mol. The van der Waals surface area contributed by atoms with Gasteiger partial charge < -0.3 is 10.8 Å². The van der Waals surface area contributed by atoms with Crippen LogP contribution in [0.2, 0.25) is 0 Å². The van der Waals surface area contributed by atoms with Gasteiger partial charge in [0, 0.05) is 18.4 Å². The highest BCUT2D eigenvalue weighted by Crippen LogP contribution is 2.25. The van der Waals surface area contributed by atoms with Crippen LogP contribution in [0.1, 0.15) is 27.8 Å². The molecule has 3 aromatic rings. The molecule has 0 spiro atoms. The molecule has 0 bridgehead atoms.